The molecule has 1 aromatic carbocycles. The Bertz CT molecular complexity index is 550. The first kappa shape index (κ1) is 18.4. The fraction of sp³-hybridized carbons (Fsp3) is 0.400. The first-order valence-electron chi connectivity index (χ1n) is 6.45. The number of nitrogens with zero attached hydrogens (tertiary/aromatic N) is 1. The smallest absolute Gasteiger partial charge is 0.268 e. The monoisotopic (exact) mass is 333 g/mol. The number of ether oxygens (including phenoxy) is 1. The molecule has 1 amide bonds. The second kappa shape index (κ2) is 7.56. The van der Waals surface area contributed by atoms with Gasteiger partial charge in [0.1, 0.15) is 11.4 Å². The molecule has 7 heteroatoms. The van der Waals surface area contributed by atoms with Crippen molar-refractivity contribution < 1.29 is 23.4 Å². The van der Waals surface area contributed by atoms with Crippen LogP contribution < -0.4 is 4.74 Å². The second-order valence-corrected chi connectivity index (χ2v) is 5.43. The molecule has 0 heterocycles. The van der Waals surface area contributed by atoms with Crippen LogP contribution in [0.5, 0.6) is 5.75 Å². The van der Waals surface area contributed by atoms with Crippen LogP contribution in [0.2, 0.25) is 5.02 Å². The Labute approximate surface area is 132 Å². The summed E-state index contributed by atoms with van der Waals surface area (Å²) in [7, 11) is 1.44. The van der Waals surface area contributed by atoms with E-state index in [0.29, 0.717) is 16.3 Å². The number of methoxy groups -OCH3 is 1. The zero-order valence-corrected chi connectivity index (χ0v) is 13.1. The summed E-state index contributed by atoms with van der Waals surface area (Å²) >= 11 is 5.91. The van der Waals surface area contributed by atoms with Crippen LogP contribution in [0.1, 0.15) is 12.5 Å². The van der Waals surface area contributed by atoms with Gasteiger partial charge in [0.2, 0.25) is 5.91 Å². The third-order valence-electron chi connectivity index (χ3n) is 3.06. The van der Waals surface area contributed by atoms with Crippen molar-refractivity contribution in [1.82, 2.24) is 4.90 Å². The highest BCUT2D eigenvalue weighted by Gasteiger charge is 2.35. The van der Waals surface area contributed by atoms with Crippen LogP contribution in [0.15, 0.2) is 30.9 Å². The van der Waals surface area contributed by atoms with E-state index >= 15 is 0 Å². The Kier molecular flexibility index (Phi) is 6.32. The molecule has 0 fully saturated rings. The summed E-state index contributed by atoms with van der Waals surface area (Å²) in [6.07, 6.45) is -1.97. The fourth-order valence-electron chi connectivity index (χ4n) is 1.82. The van der Waals surface area contributed by atoms with Crippen molar-refractivity contribution in [3.63, 3.8) is 0 Å². The zero-order valence-electron chi connectivity index (χ0n) is 12.4. The number of rotatable bonds is 7. The third-order valence-corrected chi connectivity index (χ3v) is 3.37. The number of benzene rings is 1. The molecule has 0 saturated heterocycles. The van der Waals surface area contributed by atoms with Gasteiger partial charge in [0, 0.05) is 6.54 Å². The number of carbonyl (C=O) groups excluding carboxylic acids is 1. The van der Waals surface area contributed by atoms with E-state index < -0.39 is 24.5 Å². The van der Waals surface area contributed by atoms with Crippen LogP contribution >= 0.6 is 11.6 Å². The van der Waals surface area contributed by atoms with E-state index in [-0.39, 0.29) is 6.54 Å². The average molecular weight is 334 g/mol. The number of alkyl halides is 2. The Morgan fingerprint density at radius 3 is 2.73 bits per heavy atom. The summed E-state index contributed by atoms with van der Waals surface area (Å²) in [6.45, 7) is 3.80. The molecule has 4 nitrogen and oxygen atoms in total. The van der Waals surface area contributed by atoms with Gasteiger partial charge in [-0.15, -0.1) is 0 Å². The van der Waals surface area contributed by atoms with Gasteiger partial charge in [-0.3, -0.25) is 4.79 Å². The summed E-state index contributed by atoms with van der Waals surface area (Å²) < 4.78 is 30.7. The maximum absolute atomic E-state index is 12.8. The van der Waals surface area contributed by atoms with Crippen LogP contribution in [0, 0.1) is 0 Å². The van der Waals surface area contributed by atoms with E-state index in [4.69, 9.17) is 16.3 Å². The Morgan fingerprint density at radius 1 is 1.59 bits per heavy atom. The summed E-state index contributed by atoms with van der Waals surface area (Å²) in [6, 6.07) is 4.83. The van der Waals surface area contributed by atoms with Gasteiger partial charge in [-0.25, -0.2) is 8.78 Å². The highest BCUT2D eigenvalue weighted by molar-refractivity contribution is 6.32. The van der Waals surface area contributed by atoms with Crippen LogP contribution in [-0.4, -0.2) is 41.6 Å². The molecule has 22 heavy (non-hydrogen) atoms. The number of hydrogen-bond acceptors (Lipinski definition) is 3. The summed E-state index contributed by atoms with van der Waals surface area (Å²) in [5, 5.41) is 10.1. The minimum Gasteiger partial charge on any atom is -0.495 e. The van der Waals surface area contributed by atoms with E-state index in [0.717, 1.165) is 17.9 Å². The molecule has 0 spiro atoms. The number of carbonyl (C=O) groups is 1. The van der Waals surface area contributed by atoms with E-state index in [9.17, 15) is 18.7 Å². The quantitative estimate of drug-likeness (QED) is 0.781. The van der Waals surface area contributed by atoms with Crippen molar-refractivity contribution in [2.24, 2.45) is 0 Å². The van der Waals surface area contributed by atoms with Crippen LogP contribution in [-0.2, 0) is 11.3 Å². The van der Waals surface area contributed by atoms with Crippen molar-refractivity contribution in [1.29, 1.82) is 0 Å². The Hall–Kier alpha value is -1.66. The van der Waals surface area contributed by atoms with E-state index in [1.807, 2.05) is 0 Å². The van der Waals surface area contributed by atoms with E-state index in [2.05, 4.69) is 6.58 Å². The van der Waals surface area contributed by atoms with Crippen molar-refractivity contribution in [2.45, 2.75) is 25.5 Å². The van der Waals surface area contributed by atoms with Crippen LogP contribution in [0.25, 0.3) is 0 Å². The van der Waals surface area contributed by atoms with Crippen molar-refractivity contribution >= 4 is 17.5 Å². The first-order chi connectivity index (χ1) is 10.2. The van der Waals surface area contributed by atoms with Gasteiger partial charge < -0.3 is 14.7 Å². The van der Waals surface area contributed by atoms with E-state index in [1.54, 1.807) is 18.2 Å². The molecule has 1 atom stereocenters. The molecule has 1 rings (SSSR count). The van der Waals surface area contributed by atoms with Crippen LogP contribution in [0.4, 0.5) is 8.78 Å². The van der Waals surface area contributed by atoms with E-state index in [1.165, 1.54) is 7.11 Å². The summed E-state index contributed by atoms with van der Waals surface area (Å²) in [4.78, 5) is 12.9. The molecule has 0 aliphatic heterocycles. The molecule has 0 saturated carbocycles. The molecule has 0 aromatic heterocycles. The zero-order chi connectivity index (χ0) is 16.9. The van der Waals surface area contributed by atoms with Crippen molar-refractivity contribution in [2.75, 3.05) is 13.7 Å². The van der Waals surface area contributed by atoms with Gasteiger partial charge in [-0.1, -0.05) is 24.2 Å². The maximum Gasteiger partial charge on any atom is 0.268 e. The SMILES string of the molecule is C=CC(=O)N(Cc1ccc(Cl)c(OC)c1)CC(C)(O)C(F)F. The molecule has 0 aliphatic rings. The van der Waals surface area contributed by atoms with Gasteiger partial charge >= 0.3 is 0 Å². The molecular weight excluding hydrogens is 316 g/mol. The maximum atomic E-state index is 12.8. The Balaban J connectivity index is 2.99. The lowest BCUT2D eigenvalue weighted by atomic mass is 10.1. The lowest BCUT2D eigenvalue weighted by Crippen LogP contribution is -2.47. The normalized spacial score (nSPS) is 13.6. The lowest BCUT2D eigenvalue weighted by Gasteiger charge is -2.30. The summed E-state index contributed by atoms with van der Waals surface area (Å²) in [5.41, 5.74) is -1.68. The molecule has 122 valence electrons. The number of hydrogen-bond donors (Lipinski definition) is 1. The minimum absolute atomic E-state index is 0.0151. The molecule has 0 aliphatic carbocycles. The van der Waals surface area contributed by atoms with Gasteiger partial charge in [-0.05, 0) is 30.7 Å². The highest BCUT2D eigenvalue weighted by atomic mass is 35.5. The largest absolute Gasteiger partial charge is 0.495 e. The van der Waals surface area contributed by atoms with Crippen molar-refractivity contribution in [3.05, 3.63) is 41.4 Å². The minimum atomic E-state index is -2.98. The topological polar surface area (TPSA) is 49.8 Å². The predicted octanol–water partition coefficient (Wildman–Crippen LogP) is 2.88. The van der Waals surface area contributed by atoms with Gasteiger partial charge in [0.05, 0.1) is 18.7 Å². The molecule has 1 aromatic rings. The average Bonchev–Trinajstić information content (AvgIpc) is 2.47. The number of halogens is 3. The predicted molar refractivity (Wildman–Crippen MR) is 80.2 cm³/mol. The first-order valence-corrected chi connectivity index (χ1v) is 6.83. The number of aliphatic hydroxyl groups is 1. The molecule has 1 unspecified atom stereocenters. The highest BCUT2D eigenvalue weighted by Crippen LogP contribution is 2.26. The fourth-order valence-corrected chi connectivity index (χ4v) is 2.01. The van der Waals surface area contributed by atoms with Gasteiger partial charge in [0.25, 0.3) is 6.43 Å². The van der Waals surface area contributed by atoms with Crippen LogP contribution in [0.3, 0.4) is 0 Å². The van der Waals surface area contributed by atoms with Crippen molar-refractivity contribution in [3.8, 4) is 5.75 Å². The standard InChI is InChI=1S/C15H18ClF2NO3/c1-4-13(20)19(9-15(2,21)14(17)18)8-10-5-6-11(16)12(7-10)22-3/h4-7,14,21H,1,8-9H2,2-3H3. The molecule has 1 N–H and O–H groups in total. The molecule has 0 radical (unpaired) electrons. The van der Waals surface area contributed by atoms with Gasteiger partial charge in [0.15, 0.2) is 0 Å². The third kappa shape index (κ3) is 4.68. The molecular formula is C15H18ClF2NO3. The number of amides is 1. The lowest BCUT2D eigenvalue weighted by molar-refractivity contribution is -0.137. The second-order valence-electron chi connectivity index (χ2n) is 5.03. The Morgan fingerprint density at radius 2 is 2.23 bits per heavy atom. The summed E-state index contributed by atoms with van der Waals surface area (Å²) in [5.74, 6) is -0.152. The molecule has 0 bridgehead atoms. The van der Waals surface area contributed by atoms with Gasteiger partial charge in [-0.2, -0.15) is 0 Å².